The Balaban J connectivity index is 1.74. The summed E-state index contributed by atoms with van der Waals surface area (Å²) in [6.45, 7) is 3.97. The highest BCUT2D eigenvalue weighted by Crippen LogP contribution is 2.33. The summed E-state index contributed by atoms with van der Waals surface area (Å²) in [7, 11) is 0. The molecule has 1 N–H and O–H groups in total. The van der Waals surface area contributed by atoms with Crippen molar-refractivity contribution >= 4 is 0 Å². The van der Waals surface area contributed by atoms with Crippen molar-refractivity contribution in [3.8, 4) is 0 Å². The average molecular weight is 279 g/mol. The van der Waals surface area contributed by atoms with Gasteiger partial charge in [0.1, 0.15) is 6.10 Å². The third-order valence-corrected chi connectivity index (χ3v) is 4.47. The van der Waals surface area contributed by atoms with Gasteiger partial charge in [0.05, 0.1) is 5.92 Å². The van der Waals surface area contributed by atoms with Gasteiger partial charge in [0, 0.05) is 12.6 Å². The summed E-state index contributed by atoms with van der Waals surface area (Å²) in [5, 5.41) is 7.75. The van der Waals surface area contributed by atoms with Crippen molar-refractivity contribution in [3.05, 3.63) is 11.7 Å². The van der Waals surface area contributed by atoms with Gasteiger partial charge in [-0.15, -0.1) is 0 Å². The molecule has 3 rings (SSSR count). The van der Waals surface area contributed by atoms with E-state index in [0.717, 1.165) is 44.1 Å². The zero-order valence-electron chi connectivity index (χ0n) is 12.3. The number of nitrogens with one attached hydrogen (secondary N) is 1. The molecule has 5 nitrogen and oxygen atoms in total. The molecule has 0 bridgehead atoms. The summed E-state index contributed by atoms with van der Waals surface area (Å²) in [6, 6.07) is 0.472. The Morgan fingerprint density at radius 3 is 2.85 bits per heavy atom. The predicted molar refractivity (Wildman–Crippen MR) is 75.5 cm³/mol. The lowest BCUT2D eigenvalue weighted by molar-refractivity contribution is 0.103. The van der Waals surface area contributed by atoms with Crippen LogP contribution in [0.5, 0.6) is 0 Å². The fraction of sp³-hybridized carbons (Fsp3) is 0.867. The highest BCUT2D eigenvalue weighted by Gasteiger charge is 2.31. The minimum Gasteiger partial charge on any atom is -0.370 e. The average Bonchev–Trinajstić information content (AvgIpc) is 3.09. The summed E-state index contributed by atoms with van der Waals surface area (Å²) in [6.07, 6.45) is 8.37. The Hall–Kier alpha value is -0.940. The molecule has 1 saturated carbocycles. The Morgan fingerprint density at radius 2 is 2.05 bits per heavy atom. The van der Waals surface area contributed by atoms with Crippen LogP contribution in [0.25, 0.3) is 0 Å². The highest BCUT2D eigenvalue weighted by molar-refractivity contribution is 5.02. The maximum Gasteiger partial charge on any atom is 0.231 e. The van der Waals surface area contributed by atoms with Gasteiger partial charge in [0.25, 0.3) is 0 Å². The number of aromatic nitrogens is 2. The van der Waals surface area contributed by atoms with Crippen LogP contribution >= 0.6 is 0 Å². The Bertz CT molecular complexity index is 415. The Morgan fingerprint density at radius 1 is 1.15 bits per heavy atom. The number of nitrogens with zero attached hydrogens (tertiary/aromatic N) is 2. The maximum atomic E-state index is 5.64. The Labute approximate surface area is 120 Å². The molecule has 2 heterocycles. The Kier molecular flexibility index (Phi) is 4.68. The fourth-order valence-electron chi connectivity index (χ4n) is 3.42. The lowest BCUT2D eigenvalue weighted by Crippen LogP contribution is -2.34. The van der Waals surface area contributed by atoms with Crippen LogP contribution in [0, 0.1) is 0 Å². The molecule has 5 heteroatoms. The van der Waals surface area contributed by atoms with Crippen LogP contribution in [0.4, 0.5) is 0 Å². The van der Waals surface area contributed by atoms with Crippen LogP contribution in [-0.2, 0) is 4.74 Å². The summed E-state index contributed by atoms with van der Waals surface area (Å²) < 4.78 is 11.2. The van der Waals surface area contributed by atoms with Crippen molar-refractivity contribution < 1.29 is 9.26 Å². The van der Waals surface area contributed by atoms with Gasteiger partial charge in [0.15, 0.2) is 0 Å². The topological polar surface area (TPSA) is 60.2 Å². The second kappa shape index (κ2) is 6.68. The molecule has 1 aromatic heterocycles. The normalized spacial score (nSPS) is 31.4. The molecule has 0 amide bonds. The minimum atomic E-state index is 0.0517. The van der Waals surface area contributed by atoms with E-state index in [1.54, 1.807) is 0 Å². The molecule has 0 spiro atoms. The second-order valence-electron chi connectivity index (χ2n) is 5.90. The molecule has 1 saturated heterocycles. The first-order chi connectivity index (χ1) is 9.88. The van der Waals surface area contributed by atoms with Gasteiger partial charge < -0.3 is 14.6 Å². The maximum absolute atomic E-state index is 5.64. The molecule has 2 fully saturated rings. The van der Waals surface area contributed by atoms with E-state index < -0.39 is 0 Å². The first-order valence-electron chi connectivity index (χ1n) is 8.07. The SMILES string of the molecule is CCNC1CCCCCC1c1nc(C2CCCO2)no1. The second-order valence-corrected chi connectivity index (χ2v) is 5.90. The number of ether oxygens (including phenoxy) is 1. The lowest BCUT2D eigenvalue weighted by atomic mass is 9.94. The van der Waals surface area contributed by atoms with Gasteiger partial charge in [-0.3, -0.25) is 0 Å². The monoisotopic (exact) mass is 279 g/mol. The smallest absolute Gasteiger partial charge is 0.231 e. The zero-order chi connectivity index (χ0) is 13.8. The molecule has 1 aliphatic carbocycles. The molecular formula is C15H25N3O2. The van der Waals surface area contributed by atoms with Crippen LogP contribution in [0.2, 0.25) is 0 Å². The highest BCUT2D eigenvalue weighted by atomic mass is 16.5. The van der Waals surface area contributed by atoms with Crippen molar-refractivity contribution in [2.45, 2.75) is 69.9 Å². The van der Waals surface area contributed by atoms with E-state index in [0.29, 0.717) is 12.0 Å². The molecule has 3 unspecified atom stereocenters. The number of likely N-dealkylation sites (N-methyl/N-ethyl adjacent to an activating group) is 1. The molecular weight excluding hydrogens is 254 g/mol. The van der Waals surface area contributed by atoms with Gasteiger partial charge in [-0.25, -0.2) is 0 Å². The van der Waals surface area contributed by atoms with Crippen molar-refractivity contribution in [1.82, 2.24) is 15.5 Å². The molecule has 3 atom stereocenters. The quantitative estimate of drug-likeness (QED) is 0.859. The molecule has 112 valence electrons. The lowest BCUT2D eigenvalue weighted by Gasteiger charge is -2.22. The first-order valence-corrected chi connectivity index (χ1v) is 8.07. The van der Waals surface area contributed by atoms with Crippen LogP contribution in [0.1, 0.15) is 75.6 Å². The van der Waals surface area contributed by atoms with E-state index in [1.165, 1.54) is 25.7 Å². The standard InChI is InChI=1S/C15H25N3O2/c1-2-16-12-8-5-3-4-7-11(12)15-17-14(18-20-15)13-9-6-10-19-13/h11-13,16H,2-10H2,1H3. The van der Waals surface area contributed by atoms with Gasteiger partial charge in [-0.2, -0.15) is 4.98 Å². The van der Waals surface area contributed by atoms with Crippen LogP contribution in [-0.4, -0.2) is 29.3 Å². The molecule has 20 heavy (non-hydrogen) atoms. The van der Waals surface area contributed by atoms with E-state index in [9.17, 15) is 0 Å². The van der Waals surface area contributed by atoms with E-state index in [1.807, 2.05) is 0 Å². The van der Waals surface area contributed by atoms with E-state index in [-0.39, 0.29) is 6.10 Å². The van der Waals surface area contributed by atoms with Gasteiger partial charge in [-0.1, -0.05) is 31.3 Å². The van der Waals surface area contributed by atoms with Crippen LogP contribution in [0.3, 0.4) is 0 Å². The summed E-state index contributed by atoms with van der Waals surface area (Å²) >= 11 is 0. The molecule has 1 aromatic rings. The molecule has 2 aliphatic rings. The summed E-state index contributed by atoms with van der Waals surface area (Å²) in [5.74, 6) is 1.92. The fourth-order valence-corrected chi connectivity index (χ4v) is 3.42. The minimum absolute atomic E-state index is 0.0517. The summed E-state index contributed by atoms with van der Waals surface area (Å²) in [5.41, 5.74) is 0. The third-order valence-electron chi connectivity index (χ3n) is 4.47. The van der Waals surface area contributed by atoms with Crippen molar-refractivity contribution in [1.29, 1.82) is 0 Å². The predicted octanol–water partition coefficient (Wildman–Crippen LogP) is 2.95. The number of rotatable bonds is 4. The van der Waals surface area contributed by atoms with Gasteiger partial charge >= 0.3 is 0 Å². The molecule has 0 radical (unpaired) electrons. The van der Waals surface area contributed by atoms with Crippen molar-refractivity contribution in [2.24, 2.45) is 0 Å². The van der Waals surface area contributed by atoms with Crippen molar-refractivity contribution in [3.63, 3.8) is 0 Å². The van der Waals surface area contributed by atoms with E-state index in [4.69, 9.17) is 9.26 Å². The molecule has 0 aromatic carbocycles. The van der Waals surface area contributed by atoms with Crippen LogP contribution in [0.15, 0.2) is 4.52 Å². The largest absolute Gasteiger partial charge is 0.370 e. The summed E-state index contributed by atoms with van der Waals surface area (Å²) in [4.78, 5) is 4.65. The number of hydrogen-bond acceptors (Lipinski definition) is 5. The van der Waals surface area contributed by atoms with Crippen LogP contribution < -0.4 is 5.32 Å². The van der Waals surface area contributed by atoms with Gasteiger partial charge in [0.2, 0.25) is 11.7 Å². The number of hydrogen-bond donors (Lipinski definition) is 1. The van der Waals surface area contributed by atoms with E-state index in [2.05, 4.69) is 22.4 Å². The first kappa shape index (κ1) is 14.0. The van der Waals surface area contributed by atoms with Gasteiger partial charge in [-0.05, 0) is 32.2 Å². The molecule has 1 aliphatic heterocycles. The van der Waals surface area contributed by atoms with Crippen molar-refractivity contribution in [2.75, 3.05) is 13.2 Å². The third kappa shape index (κ3) is 3.04. The van der Waals surface area contributed by atoms with E-state index >= 15 is 0 Å². The zero-order valence-corrected chi connectivity index (χ0v) is 12.3.